The van der Waals surface area contributed by atoms with E-state index in [0.717, 1.165) is 0 Å². The monoisotopic (exact) mass is 244 g/mol. The van der Waals surface area contributed by atoms with Gasteiger partial charge in [-0.15, -0.1) is 0 Å². The highest BCUT2D eigenvalue weighted by Crippen LogP contribution is 2.27. The summed E-state index contributed by atoms with van der Waals surface area (Å²) >= 11 is 0. The smallest absolute Gasteiger partial charge is 0.210 e. The van der Waals surface area contributed by atoms with Crippen molar-refractivity contribution < 1.29 is 9.59 Å². The molecule has 0 radical (unpaired) electrons. The molecular formula is C14H16N2O2. The van der Waals surface area contributed by atoms with E-state index in [0.29, 0.717) is 35.6 Å². The highest BCUT2D eigenvalue weighted by atomic mass is 16.1. The van der Waals surface area contributed by atoms with E-state index < -0.39 is 0 Å². The molecule has 0 saturated carbocycles. The van der Waals surface area contributed by atoms with Crippen LogP contribution in [0.25, 0.3) is 0 Å². The van der Waals surface area contributed by atoms with Crippen molar-refractivity contribution in [1.29, 1.82) is 0 Å². The molecule has 1 aliphatic carbocycles. The van der Waals surface area contributed by atoms with Gasteiger partial charge in [0.2, 0.25) is 5.78 Å². The number of nitrogens with two attached hydrogens (primary N) is 1. The third-order valence-electron chi connectivity index (χ3n) is 3.19. The molecule has 0 heterocycles. The van der Waals surface area contributed by atoms with Gasteiger partial charge in [0.1, 0.15) is 0 Å². The maximum Gasteiger partial charge on any atom is 0.210 e. The number of nitrogen functional groups attached to an aromatic ring is 1. The van der Waals surface area contributed by atoms with Crippen LogP contribution in [0.1, 0.15) is 34.6 Å². The van der Waals surface area contributed by atoms with Crippen LogP contribution in [0.2, 0.25) is 0 Å². The molecule has 0 bridgehead atoms. The van der Waals surface area contributed by atoms with E-state index in [1.165, 1.54) is 6.08 Å². The molecule has 1 aromatic rings. The number of nitrogens with zero attached hydrogens (tertiary/aromatic N) is 1. The molecule has 0 fully saturated rings. The van der Waals surface area contributed by atoms with Crippen molar-refractivity contribution in [2.75, 3.05) is 18.8 Å². The molecule has 18 heavy (non-hydrogen) atoms. The van der Waals surface area contributed by atoms with Gasteiger partial charge < -0.3 is 10.6 Å². The minimum atomic E-state index is -0.190. The number of likely N-dealkylation sites (N-methyl/N-ethyl adjacent to an activating group) is 1. The Morgan fingerprint density at radius 1 is 1.17 bits per heavy atom. The fraction of sp³-hybridized carbons (Fsp3) is 0.286. The van der Waals surface area contributed by atoms with Crippen molar-refractivity contribution in [1.82, 2.24) is 4.90 Å². The first-order valence-electron chi connectivity index (χ1n) is 6.04. The quantitative estimate of drug-likeness (QED) is 0.824. The van der Waals surface area contributed by atoms with Crippen molar-refractivity contribution in [2.45, 2.75) is 13.8 Å². The van der Waals surface area contributed by atoms with E-state index in [1.807, 2.05) is 18.7 Å². The summed E-state index contributed by atoms with van der Waals surface area (Å²) in [5, 5.41) is 0. The minimum absolute atomic E-state index is 0.124. The Morgan fingerprint density at radius 2 is 1.83 bits per heavy atom. The summed E-state index contributed by atoms with van der Waals surface area (Å²) in [5.74, 6) is -0.315. The van der Waals surface area contributed by atoms with E-state index in [-0.39, 0.29) is 11.6 Å². The Balaban J connectivity index is 2.54. The van der Waals surface area contributed by atoms with E-state index in [4.69, 9.17) is 5.73 Å². The number of rotatable bonds is 3. The Labute approximate surface area is 106 Å². The van der Waals surface area contributed by atoms with E-state index in [2.05, 4.69) is 0 Å². The second-order valence-electron chi connectivity index (χ2n) is 4.17. The largest absolute Gasteiger partial charge is 0.398 e. The standard InChI is InChI=1S/C14H16N2O2/c1-3-16(4-2)11-8-12(17)13-9(14(11)18)6-5-7-10(13)15/h5-8H,3-4,15H2,1-2H3. The fourth-order valence-electron chi connectivity index (χ4n) is 2.23. The van der Waals surface area contributed by atoms with Crippen molar-refractivity contribution in [3.8, 4) is 0 Å². The van der Waals surface area contributed by atoms with Crippen LogP contribution in [0.3, 0.4) is 0 Å². The molecule has 0 aromatic heterocycles. The summed E-state index contributed by atoms with van der Waals surface area (Å²) in [7, 11) is 0. The predicted octanol–water partition coefficient (Wildman–Crippen LogP) is 1.87. The van der Waals surface area contributed by atoms with Gasteiger partial charge in [-0.05, 0) is 19.9 Å². The zero-order valence-electron chi connectivity index (χ0n) is 10.6. The van der Waals surface area contributed by atoms with Gasteiger partial charge in [-0.3, -0.25) is 9.59 Å². The number of Topliss-reactive ketones (excluding diaryl/α,β-unsaturated/α-hetero) is 1. The zero-order chi connectivity index (χ0) is 13.3. The molecule has 0 unspecified atom stereocenters. The van der Waals surface area contributed by atoms with Crippen molar-refractivity contribution >= 4 is 17.3 Å². The average molecular weight is 244 g/mol. The number of hydrogen-bond acceptors (Lipinski definition) is 4. The van der Waals surface area contributed by atoms with E-state index in [9.17, 15) is 9.59 Å². The van der Waals surface area contributed by atoms with E-state index in [1.54, 1.807) is 18.2 Å². The van der Waals surface area contributed by atoms with Gasteiger partial charge in [0, 0.05) is 30.4 Å². The number of anilines is 1. The number of carbonyl (C=O) groups excluding carboxylic acids is 2. The Bertz CT molecular complexity index is 543. The van der Waals surface area contributed by atoms with Crippen LogP contribution in [0.5, 0.6) is 0 Å². The van der Waals surface area contributed by atoms with Crippen LogP contribution < -0.4 is 5.73 Å². The third-order valence-corrected chi connectivity index (χ3v) is 3.19. The lowest BCUT2D eigenvalue weighted by Gasteiger charge is -2.26. The number of carbonyl (C=O) groups is 2. The zero-order valence-corrected chi connectivity index (χ0v) is 10.6. The summed E-state index contributed by atoms with van der Waals surface area (Å²) in [6.07, 6.45) is 1.40. The SMILES string of the molecule is CCN(CC)C1=CC(=O)c2c(N)cccc2C1=O. The predicted molar refractivity (Wildman–Crippen MR) is 70.5 cm³/mol. The van der Waals surface area contributed by atoms with E-state index >= 15 is 0 Å². The number of benzene rings is 1. The highest BCUT2D eigenvalue weighted by molar-refractivity contribution is 6.26. The number of ketones is 2. The maximum absolute atomic E-state index is 12.4. The van der Waals surface area contributed by atoms with Crippen LogP contribution in [0, 0.1) is 0 Å². The maximum atomic E-state index is 12.4. The molecular weight excluding hydrogens is 228 g/mol. The van der Waals surface area contributed by atoms with Crippen LogP contribution in [-0.4, -0.2) is 29.6 Å². The van der Waals surface area contributed by atoms with Gasteiger partial charge in [-0.1, -0.05) is 12.1 Å². The number of allylic oxidation sites excluding steroid dienone is 2. The van der Waals surface area contributed by atoms with Gasteiger partial charge in [0.25, 0.3) is 0 Å². The summed E-state index contributed by atoms with van der Waals surface area (Å²) in [4.78, 5) is 26.3. The molecule has 1 aliphatic rings. The average Bonchev–Trinajstić information content (AvgIpc) is 2.36. The lowest BCUT2D eigenvalue weighted by molar-refractivity contribution is 0.0954. The molecule has 0 amide bonds. The van der Waals surface area contributed by atoms with Gasteiger partial charge >= 0.3 is 0 Å². The normalized spacial score (nSPS) is 14.2. The van der Waals surface area contributed by atoms with Crippen molar-refractivity contribution in [2.24, 2.45) is 0 Å². The molecule has 1 aromatic carbocycles. The minimum Gasteiger partial charge on any atom is -0.398 e. The number of hydrogen-bond donors (Lipinski definition) is 1. The fourth-order valence-corrected chi connectivity index (χ4v) is 2.23. The molecule has 2 rings (SSSR count). The molecule has 0 spiro atoms. The molecule has 0 atom stereocenters. The lowest BCUT2D eigenvalue weighted by atomic mass is 9.91. The van der Waals surface area contributed by atoms with Crippen molar-refractivity contribution in [3.63, 3.8) is 0 Å². The Hall–Kier alpha value is -2.10. The van der Waals surface area contributed by atoms with Crippen molar-refractivity contribution in [3.05, 3.63) is 41.1 Å². The number of fused-ring (bicyclic) bond motifs is 1. The molecule has 94 valence electrons. The third kappa shape index (κ3) is 1.79. The van der Waals surface area contributed by atoms with Gasteiger partial charge in [-0.25, -0.2) is 0 Å². The summed E-state index contributed by atoms with van der Waals surface area (Å²) < 4.78 is 0. The summed E-state index contributed by atoms with van der Waals surface area (Å²) in [5.41, 5.74) is 7.33. The first-order valence-corrected chi connectivity index (χ1v) is 6.04. The molecule has 0 saturated heterocycles. The van der Waals surface area contributed by atoms with Crippen LogP contribution in [0.4, 0.5) is 5.69 Å². The highest BCUT2D eigenvalue weighted by Gasteiger charge is 2.29. The van der Waals surface area contributed by atoms with Gasteiger partial charge in [0.05, 0.1) is 11.3 Å². The molecule has 0 aliphatic heterocycles. The van der Waals surface area contributed by atoms with Crippen LogP contribution >= 0.6 is 0 Å². The summed E-state index contributed by atoms with van der Waals surface area (Å²) in [6, 6.07) is 4.99. The first-order chi connectivity index (χ1) is 8.60. The molecule has 4 nitrogen and oxygen atoms in total. The first kappa shape index (κ1) is 12.4. The van der Waals surface area contributed by atoms with Crippen LogP contribution in [-0.2, 0) is 0 Å². The second-order valence-corrected chi connectivity index (χ2v) is 4.17. The topological polar surface area (TPSA) is 63.4 Å². The Morgan fingerprint density at radius 3 is 2.44 bits per heavy atom. The van der Waals surface area contributed by atoms with Crippen LogP contribution in [0.15, 0.2) is 30.0 Å². The lowest BCUT2D eigenvalue weighted by Crippen LogP contribution is -2.31. The van der Waals surface area contributed by atoms with Gasteiger partial charge in [-0.2, -0.15) is 0 Å². The molecule has 4 heteroatoms. The second kappa shape index (κ2) is 4.64. The summed E-state index contributed by atoms with van der Waals surface area (Å²) in [6.45, 7) is 5.30. The molecule has 2 N–H and O–H groups in total. The Kier molecular flexibility index (Phi) is 3.19. The van der Waals surface area contributed by atoms with Gasteiger partial charge in [0.15, 0.2) is 5.78 Å².